The van der Waals surface area contributed by atoms with E-state index in [0.717, 1.165) is 22.0 Å². The average Bonchev–Trinajstić information content (AvgIpc) is 3.22. The van der Waals surface area contributed by atoms with Crippen LogP contribution in [0.5, 0.6) is 11.5 Å². The maximum absolute atomic E-state index is 12.6. The number of hydrogen-bond acceptors (Lipinski definition) is 4. The van der Waals surface area contributed by atoms with Crippen molar-refractivity contribution in [3.63, 3.8) is 0 Å². The van der Waals surface area contributed by atoms with Crippen LogP contribution >= 0.6 is 0 Å². The zero-order valence-electron chi connectivity index (χ0n) is 16.0. The van der Waals surface area contributed by atoms with Crippen LogP contribution in [0.1, 0.15) is 43.7 Å². The van der Waals surface area contributed by atoms with Crippen LogP contribution in [0.2, 0.25) is 0 Å². The number of H-pyrrole nitrogens is 1. The highest BCUT2D eigenvalue weighted by Gasteiger charge is 2.24. The highest BCUT2D eigenvalue weighted by molar-refractivity contribution is 6.08. The molecule has 0 amide bonds. The van der Waals surface area contributed by atoms with Gasteiger partial charge in [0.1, 0.15) is 5.69 Å². The quantitative estimate of drug-likeness (QED) is 0.661. The molecule has 1 aliphatic rings. The van der Waals surface area contributed by atoms with Gasteiger partial charge in [-0.05, 0) is 29.5 Å². The second kappa shape index (κ2) is 6.34. The minimum atomic E-state index is -0.370. The third-order valence-electron chi connectivity index (χ3n) is 4.81. The number of esters is 1. The molecule has 0 bridgehead atoms. The second-order valence-electron chi connectivity index (χ2n) is 7.67. The van der Waals surface area contributed by atoms with Crippen molar-refractivity contribution in [3.8, 4) is 22.6 Å². The van der Waals surface area contributed by atoms with Gasteiger partial charge in [-0.3, -0.25) is 0 Å². The normalized spacial score (nSPS) is 13.2. The van der Waals surface area contributed by atoms with Gasteiger partial charge in [-0.2, -0.15) is 0 Å². The molecule has 1 aromatic heterocycles. The predicted molar refractivity (Wildman–Crippen MR) is 105 cm³/mol. The van der Waals surface area contributed by atoms with Gasteiger partial charge in [0.15, 0.2) is 11.5 Å². The van der Waals surface area contributed by atoms with Crippen LogP contribution in [0.15, 0.2) is 36.4 Å². The van der Waals surface area contributed by atoms with Crippen molar-refractivity contribution in [2.75, 3.05) is 13.4 Å². The zero-order chi connectivity index (χ0) is 19.2. The van der Waals surface area contributed by atoms with Gasteiger partial charge in [-0.25, -0.2) is 4.79 Å². The predicted octanol–water partition coefficient (Wildman–Crippen LogP) is 5.04. The minimum absolute atomic E-state index is 0.0642. The topological polar surface area (TPSA) is 60.6 Å². The van der Waals surface area contributed by atoms with E-state index in [1.807, 2.05) is 12.1 Å². The van der Waals surface area contributed by atoms with Crippen molar-refractivity contribution >= 4 is 16.9 Å². The number of carbonyl (C=O) groups is 1. The van der Waals surface area contributed by atoms with E-state index < -0.39 is 0 Å². The number of aromatic nitrogens is 1. The minimum Gasteiger partial charge on any atom is -0.461 e. The molecule has 0 saturated carbocycles. The molecule has 1 N–H and O–H groups in total. The molecule has 140 valence electrons. The van der Waals surface area contributed by atoms with Crippen LogP contribution in [0.25, 0.3) is 22.0 Å². The number of ether oxygens (including phenoxy) is 3. The number of aromatic amines is 1. The summed E-state index contributed by atoms with van der Waals surface area (Å²) < 4.78 is 16.3. The fourth-order valence-electron chi connectivity index (χ4n) is 3.38. The standard InChI is InChI=1S/C22H23NO4/c1-5-25-21(24)20-19(13-6-8-14(9-7-13)22(2,3)4)15-10-17-18(27-12-26-17)11-16(15)23-20/h6-11,23H,5,12H2,1-4H3. The van der Waals surface area contributed by atoms with Crippen molar-refractivity contribution in [2.24, 2.45) is 0 Å². The van der Waals surface area contributed by atoms with E-state index >= 15 is 0 Å². The fraction of sp³-hybridized carbons (Fsp3) is 0.318. The summed E-state index contributed by atoms with van der Waals surface area (Å²) in [6, 6.07) is 12.1. The molecule has 0 fully saturated rings. The van der Waals surface area contributed by atoms with Gasteiger partial charge in [0, 0.05) is 17.0 Å². The summed E-state index contributed by atoms with van der Waals surface area (Å²) in [5.74, 6) is 0.990. The number of carbonyl (C=O) groups excluding carboxylic acids is 1. The van der Waals surface area contributed by atoms with E-state index in [0.29, 0.717) is 23.8 Å². The van der Waals surface area contributed by atoms with Gasteiger partial charge < -0.3 is 19.2 Å². The lowest BCUT2D eigenvalue weighted by atomic mass is 9.86. The second-order valence-corrected chi connectivity index (χ2v) is 7.67. The lowest BCUT2D eigenvalue weighted by Gasteiger charge is -2.19. The van der Waals surface area contributed by atoms with E-state index in [9.17, 15) is 4.79 Å². The smallest absolute Gasteiger partial charge is 0.355 e. The van der Waals surface area contributed by atoms with Gasteiger partial charge >= 0.3 is 5.97 Å². The zero-order valence-corrected chi connectivity index (χ0v) is 16.0. The molecular weight excluding hydrogens is 342 g/mol. The van der Waals surface area contributed by atoms with Crippen LogP contribution in [-0.2, 0) is 10.2 Å². The Balaban J connectivity index is 1.91. The fourth-order valence-corrected chi connectivity index (χ4v) is 3.38. The van der Waals surface area contributed by atoms with E-state index in [-0.39, 0.29) is 18.2 Å². The van der Waals surface area contributed by atoms with Crippen molar-refractivity contribution in [1.29, 1.82) is 0 Å². The Labute approximate surface area is 158 Å². The summed E-state index contributed by atoms with van der Waals surface area (Å²) in [6.07, 6.45) is 0. The summed E-state index contributed by atoms with van der Waals surface area (Å²) in [6.45, 7) is 8.87. The van der Waals surface area contributed by atoms with Crippen LogP contribution < -0.4 is 9.47 Å². The lowest BCUT2D eigenvalue weighted by Crippen LogP contribution is -2.10. The van der Waals surface area contributed by atoms with Gasteiger partial charge in [0.25, 0.3) is 0 Å². The van der Waals surface area contributed by atoms with Crippen molar-refractivity contribution in [1.82, 2.24) is 4.98 Å². The molecule has 0 spiro atoms. The molecule has 0 aliphatic carbocycles. The molecule has 5 heteroatoms. The molecule has 27 heavy (non-hydrogen) atoms. The van der Waals surface area contributed by atoms with Crippen molar-refractivity contribution < 1.29 is 19.0 Å². The van der Waals surface area contributed by atoms with E-state index in [4.69, 9.17) is 14.2 Å². The molecule has 3 aromatic rings. The first-order valence-corrected chi connectivity index (χ1v) is 9.12. The van der Waals surface area contributed by atoms with Crippen LogP contribution in [0.4, 0.5) is 0 Å². The first-order chi connectivity index (χ1) is 12.9. The number of nitrogens with one attached hydrogen (secondary N) is 1. The SMILES string of the molecule is CCOC(=O)c1[nH]c2cc3c(cc2c1-c1ccc(C(C)(C)C)cc1)OCO3. The summed E-state index contributed by atoms with van der Waals surface area (Å²) >= 11 is 0. The summed E-state index contributed by atoms with van der Waals surface area (Å²) in [5, 5.41) is 0.908. The summed E-state index contributed by atoms with van der Waals surface area (Å²) in [5.41, 5.74) is 4.34. The highest BCUT2D eigenvalue weighted by atomic mass is 16.7. The van der Waals surface area contributed by atoms with Gasteiger partial charge in [-0.15, -0.1) is 0 Å². The molecule has 0 radical (unpaired) electrons. The molecule has 5 nitrogen and oxygen atoms in total. The number of fused-ring (bicyclic) bond motifs is 2. The molecule has 2 aromatic carbocycles. The van der Waals surface area contributed by atoms with Gasteiger partial charge in [-0.1, -0.05) is 45.0 Å². The number of benzene rings is 2. The van der Waals surface area contributed by atoms with E-state index in [1.54, 1.807) is 6.92 Å². The van der Waals surface area contributed by atoms with Gasteiger partial charge in [0.05, 0.1) is 12.1 Å². The van der Waals surface area contributed by atoms with Crippen LogP contribution in [-0.4, -0.2) is 24.4 Å². The summed E-state index contributed by atoms with van der Waals surface area (Å²) in [4.78, 5) is 15.8. The van der Waals surface area contributed by atoms with Crippen molar-refractivity contribution in [3.05, 3.63) is 47.7 Å². The first-order valence-electron chi connectivity index (χ1n) is 9.12. The highest BCUT2D eigenvalue weighted by Crippen LogP contribution is 2.41. The van der Waals surface area contributed by atoms with E-state index in [2.05, 4.69) is 50.0 Å². The molecule has 2 heterocycles. The Morgan fingerprint density at radius 3 is 2.41 bits per heavy atom. The molecular formula is C22H23NO4. The summed E-state index contributed by atoms with van der Waals surface area (Å²) in [7, 11) is 0. The lowest BCUT2D eigenvalue weighted by molar-refractivity contribution is 0.0521. The Morgan fingerprint density at radius 2 is 1.78 bits per heavy atom. The largest absolute Gasteiger partial charge is 0.461 e. The molecule has 0 saturated heterocycles. The van der Waals surface area contributed by atoms with Crippen molar-refractivity contribution in [2.45, 2.75) is 33.1 Å². The monoisotopic (exact) mass is 365 g/mol. The Morgan fingerprint density at radius 1 is 1.11 bits per heavy atom. The van der Waals surface area contributed by atoms with E-state index in [1.165, 1.54) is 5.56 Å². The third-order valence-corrected chi connectivity index (χ3v) is 4.81. The molecule has 4 rings (SSSR count). The molecule has 0 atom stereocenters. The van der Waals surface area contributed by atoms with Crippen LogP contribution in [0, 0.1) is 0 Å². The molecule has 0 unspecified atom stereocenters. The Bertz CT molecular complexity index is 1010. The Kier molecular flexibility index (Phi) is 4.10. The first kappa shape index (κ1) is 17.5. The molecule has 1 aliphatic heterocycles. The Hall–Kier alpha value is -2.95. The van der Waals surface area contributed by atoms with Crippen LogP contribution in [0.3, 0.4) is 0 Å². The maximum Gasteiger partial charge on any atom is 0.355 e. The maximum atomic E-state index is 12.6. The number of rotatable bonds is 3. The average molecular weight is 365 g/mol. The third kappa shape index (κ3) is 3.03. The van der Waals surface area contributed by atoms with Gasteiger partial charge in [0.2, 0.25) is 6.79 Å². The number of hydrogen-bond donors (Lipinski definition) is 1.